The highest BCUT2D eigenvalue weighted by molar-refractivity contribution is 7.00. The third kappa shape index (κ3) is 7.04. The standard InChI is InChI=1S/C77H88BN3O/c1-69(2,3)46-24-29-61-58(36-46)76(16)30-20-21-31-77(76,17)81(61)49-38-64-68-65(39-49)80(48-25-27-51-50-22-18-19-23-66(50)82-67(51)40-48)63-44-57-55(74(12,13)45-75(57,14)15)42-60(63)78(68)59-41-54-56(73(10,11)35-34-72(54,8)9)43-62(59)79(64)47-26-28-52-53(37-47)71(6,7)33-32-70(52,4)5/h18-19,22-29,36-44H,20-21,30-35,45H2,1-17H3. The fourth-order valence-corrected chi connectivity index (χ4v) is 18.4. The van der Waals surface area contributed by atoms with Crippen molar-refractivity contribution in [1.29, 1.82) is 0 Å². The SMILES string of the molecule is CC(C)(C)c1ccc2c(c1)C1(C)CCCCC1(C)N2c1cc2c3c(c1)N(c1ccc4c(c1)oc1ccccc14)c1cc4c(cc1B3c1cc3c(cc1N2c1ccc2c(c1)C(C)(C)CCC2(C)C)C(C)(C)CCC3(C)C)C(C)(C)CC4(C)C. The van der Waals surface area contributed by atoms with Crippen molar-refractivity contribution in [2.75, 3.05) is 14.7 Å². The van der Waals surface area contributed by atoms with E-state index in [-0.39, 0.29) is 55.6 Å². The van der Waals surface area contributed by atoms with E-state index in [0.717, 1.165) is 53.3 Å². The van der Waals surface area contributed by atoms with Gasteiger partial charge in [-0.15, -0.1) is 0 Å². The highest BCUT2D eigenvalue weighted by Gasteiger charge is 2.59. The van der Waals surface area contributed by atoms with Crippen LogP contribution in [0.2, 0.25) is 0 Å². The zero-order valence-corrected chi connectivity index (χ0v) is 52.7. The van der Waals surface area contributed by atoms with Crippen molar-refractivity contribution in [3.05, 3.63) is 160 Å². The van der Waals surface area contributed by atoms with E-state index in [1.165, 1.54) is 133 Å². The number of hydrogen-bond donors (Lipinski definition) is 0. The predicted molar refractivity (Wildman–Crippen MR) is 350 cm³/mol. The van der Waals surface area contributed by atoms with Crippen LogP contribution in [0, 0.1) is 0 Å². The van der Waals surface area contributed by atoms with Gasteiger partial charge in [0.1, 0.15) is 11.2 Å². The summed E-state index contributed by atoms with van der Waals surface area (Å²) in [5, 5.41) is 2.32. The lowest BCUT2D eigenvalue weighted by atomic mass is 9.33. The summed E-state index contributed by atoms with van der Waals surface area (Å²) >= 11 is 0. The maximum absolute atomic E-state index is 6.88. The van der Waals surface area contributed by atoms with Crippen molar-refractivity contribution >= 4 is 90.5 Å². The molecule has 1 saturated carbocycles. The third-order valence-electron chi connectivity index (χ3n) is 23.4. The van der Waals surface area contributed by atoms with Crippen LogP contribution in [0.15, 0.2) is 120 Å². The lowest BCUT2D eigenvalue weighted by Crippen LogP contribution is -2.62. The molecule has 0 radical (unpaired) electrons. The minimum atomic E-state index is -0.168. The number of rotatable bonds is 3. The first-order valence-electron chi connectivity index (χ1n) is 31.6. The lowest BCUT2D eigenvalue weighted by Gasteiger charge is -2.51. The first-order valence-corrected chi connectivity index (χ1v) is 31.6. The Morgan fingerprint density at radius 3 is 1.54 bits per heavy atom. The summed E-state index contributed by atoms with van der Waals surface area (Å²) in [6, 6.07) is 47.2. The van der Waals surface area contributed by atoms with E-state index >= 15 is 0 Å². The molecule has 2 atom stereocenters. The maximum Gasteiger partial charge on any atom is 0.252 e. The van der Waals surface area contributed by atoms with Gasteiger partial charge in [-0.2, -0.15) is 0 Å². The molecule has 5 heteroatoms. The molecule has 4 nitrogen and oxygen atoms in total. The number of benzene rings is 7. The summed E-state index contributed by atoms with van der Waals surface area (Å²) in [6.45, 7) is 42.4. The van der Waals surface area contributed by atoms with Crippen molar-refractivity contribution in [3.8, 4) is 0 Å². The molecule has 0 bridgehead atoms. The molecule has 420 valence electrons. The molecule has 4 heterocycles. The monoisotopic (exact) mass is 1080 g/mol. The molecule has 7 aromatic carbocycles. The molecule has 0 N–H and O–H groups in total. The largest absolute Gasteiger partial charge is 0.456 e. The number of fused-ring (bicyclic) bond motifs is 13. The Morgan fingerprint density at radius 2 is 0.915 bits per heavy atom. The second-order valence-corrected chi connectivity index (χ2v) is 32.5. The highest BCUT2D eigenvalue weighted by Crippen LogP contribution is 2.63. The number of furan rings is 1. The average molecular weight is 1080 g/mol. The van der Waals surface area contributed by atoms with Crippen LogP contribution in [-0.2, 0) is 43.3 Å². The smallest absolute Gasteiger partial charge is 0.252 e. The fraction of sp³-hybridized carbons (Fsp3) is 0.455. The molecule has 0 amide bonds. The van der Waals surface area contributed by atoms with Gasteiger partial charge in [0.05, 0.1) is 5.54 Å². The van der Waals surface area contributed by atoms with Gasteiger partial charge in [-0.05, 0) is 211 Å². The molecule has 0 spiro atoms. The van der Waals surface area contributed by atoms with Crippen molar-refractivity contribution in [2.24, 2.45) is 0 Å². The topological polar surface area (TPSA) is 22.9 Å². The molecule has 8 aromatic rings. The second kappa shape index (κ2) is 16.4. The van der Waals surface area contributed by atoms with Crippen LogP contribution in [0.25, 0.3) is 21.9 Å². The maximum atomic E-state index is 6.88. The summed E-state index contributed by atoms with van der Waals surface area (Å²) < 4.78 is 6.88. The molecule has 7 aliphatic rings. The normalized spacial score (nSPS) is 24.3. The van der Waals surface area contributed by atoms with Crippen molar-refractivity contribution < 1.29 is 4.42 Å². The van der Waals surface area contributed by atoms with Crippen LogP contribution in [0.4, 0.5) is 45.5 Å². The molecule has 4 aliphatic carbocycles. The zero-order chi connectivity index (χ0) is 57.6. The molecule has 82 heavy (non-hydrogen) atoms. The van der Waals surface area contributed by atoms with Gasteiger partial charge in [0.2, 0.25) is 0 Å². The van der Waals surface area contributed by atoms with Crippen molar-refractivity contribution in [2.45, 2.75) is 224 Å². The first kappa shape index (κ1) is 52.6. The Hall–Kier alpha value is -6.20. The van der Waals surface area contributed by atoms with Gasteiger partial charge in [0.15, 0.2) is 0 Å². The van der Waals surface area contributed by atoms with Crippen molar-refractivity contribution in [1.82, 2.24) is 0 Å². The number of hydrogen-bond acceptors (Lipinski definition) is 4. The van der Waals surface area contributed by atoms with Gasteiger partial charge in [0, 0.05) is 67.8 Å². The third-order valence-corrected chi connectivity index (χ3v) is 23.4. The fourth-order valence-electron chi connectivity index (χ4n) is 18.4. The van der Waals surface area contributed by atoms with E-state index in [4.69, 9.17) is 4.42 Å². The van der Waals surface area contributed by atoms with Crippen LogP contribution in [0.3, 0.4) is 0 Å². The van der Waals surface area contributed by atoms with Crippen LogP contribution in [0.5, 0.6) is 0 Å². The zero-order valence-electron chi connectivity index (χ0n) is 52.7. The van der Waals surface area contributed by atoms with E-state index in [1.807, 2.05) is 0 Å². The second-order valence-electron chi connectivity index (χ2n) is 32.5. The first-order chi connectivity index (χ1) is 38.4. The van der Waals surface area contributed by atoms with Crippen LogP contribution >= 0.6 is 0 Å². The van der Waals surface area contributed by atoms with E-state index in [9.17, 15) is 0 Å². The summed E-state index contributed by atoms with van der Waals surface area (Å²) in [4.78, 5) is 8.37. The van der Waals surface area contributed by atoms with E-state index in [2.05, 4.69) is 248 Å². The van der Waals surface area contributed by atoms with Gasteiger partial charge in [-0.3, -0.25) is 0 Å². The summed E-state index contributed by atoms with van der Waals surface area (Å²) in [6.07, 6.45) is 10.5. The van der Waals surface area contributed by atoms with Gasteiger partial charge < -0.3 is 19.1 Å². The van der Waals surface area contributed by atoms with Crippen LogP contribution in [0.1, 0.15) is 220 Å². The summed E-state index contributed by atoms with van der Waals surface area (Å²) in [7, 11) is 0. The average Bonchev–Trinajstić information content (AvgIpc) is 1.65. The van der Waals surface area contributed by atoms with E-state index in [0.29, 0.717) is 0 Å². The summed E-state index contributed by atoms with van der Waals surface area (Å²) in [5.74, 6) is 0. The van der Waals surface area contributed by atoms with Gasteiger partial charge >= 0.3 is 0 Å². The van der Waals surface area contributed by atoms with E-state index in [1.54, 1.807) is 0 Å². The molecule has 2 unspecified atom stereocenters. The Bertz CT molecular complexity index is 4100. The Labute approximate surface area is 491 Å². The Morgan fingerprint density at radius 1 is 0.402 bits per heavy atom. The van der Waals surface area contributed by atoms with Gasteiger partial charge in [-0.1, -0.05) is 172 Å². The highest BCUT2D eigenvalue weighted by atomic mass is 16.3. The number of anilines is 8. The van der Waals surface area contributed by atoms with Crippen LogP contribution in [-0.4, -0.2) is 12.3 Å². The lowest BCUT2D eigenvalue weighted by molar-refractivity contribution is 0.195. The van der Waals surface area contributed by atoms with Crippen molar-refractivity contribution in [3.63, 3.8) is 0 Å². The molecule has 15 rings (SSSR count). The predicted octanol–water partition coefficient (Wildman–Crippen LogP) is 19.4. The Balaban J connectivity index is 1.11. The van der Waals surface area contributed by atoms with Gasteiger partial charge in [-0.25, -0.2) is 0 Å². The minimum Gasteiger partial charge on any atom is -0.456 e. The molecule has 1 aromatic heterocycles. The molecule has 3 aliphatic heterocycles. The molecule has 0 saturated heterocycles. The number of nitrogens with zero attached hydrogens (tertiary/aromatic N) is 3. The molecular weight excluding hydrogens is 994 g/mol. The molecular formula is C77H88BN3O. The minimum absolute atomic E-state index is 0.00600. The molecule has 1 fully saturated rings. The number of para-hydroxylation sites is 1. The Kier molecular flexibility index (Phi) is 10.5. The van der Waals surface area contributed by atoms with Crippen LogP contribution < -0.4 is 31.1 Å². The van der Waals surface area contributed by atoms with E-state index < -0.39 is 0 Å². The quantitative estimate of drug-likeness (QED) is 0.165. The van der Waals surface area contributed by atoms with Gasteiger partial charge in [0.25, 0.3) is 6.71 Å². The summed E-state index contributed by atoms with van der Waals surface area (Å²) in [5.41, 5.74) is 28.2.